The summed E-state index contributed by atoms with van der Waals surface area (Å²) in [4.78, 5) is 14.1. The smallest absolute Gasteiger partial charge is 0.325 e. The molecule has 19 heavy (non-hydrogen) atoms. The molecule has 1 saturated carbocycles. The maximum atomic E-state index is 11.5. The zero-order valence-electron chi connectivity index (χ0n) is 12.9. The minimum Gasteiger partial charge on any atom is -0.468 e. The van der Waals surface area contributed by atoms with Gasteiger partial charge in [-0.3, -0.25) is 4.79 Å². The molecule has 4 heteroatoms. The van der Waals surface area contributed by atoms with Crippen molar-refractivity contribution in [2.45, 2.75) is 64.5 Å². The number of nitrogens with zero attached hydrogens (tertiary/aromatic N) is 1. The molecule has 0 spiro atoms. The second-order valence-corrected chi connectivity index (χ2v) is 6.46. The molecule has 0 saturated heterocycles. The van der Waals surface area contributed by atoms with Crippen molar-refractivity contribution in [1.29, 1.82) is 0 Å². The molecular formula is C15H30N2O2. The number of carbonyl (C=O) groups is 1. The summed E-state index contributed by atoms with van der Waals surface area (Å²) in [6.07, 6.45) is 5.54. The van der Waals surface area contributed by atoms with Crippen molar-refractivity contribution in [1.82, 2.24) is 4.90 Å². The molecule has 1 unspecified atom stereocenters. The van der Waals surface area contributed by atoms with Gasteiger partial charge in [0.05, 0.1) is 7.11 Å². The van der Waals surface area contributed by atoms with Crippen LogP contribution >= 0.6 is 0 Å². The minimum absolute atomic E-state index is 0.312. The predicted octanol–water partition coefficient (Wildman–Crippen LogP) is 2.17. The highest BCUT2D eigenvalue weighted by molar-refractivity contribution is 5.79. The van der Waals surface area contributed by atoms with Crippen molar-refractivity contribution in [3.8, 4) is 0 Å². The molecule has 1 aliphatic rings. The normalized spacial score (nSPS) is 18.7. The lowest BCUT2D eigenvalue weighted by Crippen LogP contribution is -2.46. The standard InChI is InChI=1S/C15H30N2O2/c1-12(2)8-11-17(13-6-7-13)10-5-9-15(3,16)14(18)19-4/h12-13H,5-11,16H2,1-4H3. The second kappa shape index (κ2) is 7.25. The Morgan fingerprint density at radius 2 is 2.05 bits per heavy atom. The first-order valence-corrected chi connectivity index (χ1v) is 7.48. The van der Waals surface area contributed by atoms with Crippen LogP contribution in [0.15, 0.2) is 0 Å². The van der Waals surface area contributed by atoms with E-state index in [4.69, 9.17) is 10.5 Å². The van der Waals surface area contributed by atoms with Gasteiger partial charge in [0.25, 0.3) is 0 Å². The van der Waals surface area contributed by atoms with Crippen LogP contribution in [-0.4, -0.2) is 42.6 Å². The van der Waals surface area contributed by atoms with Crippen molar-refractivity contribution >= 4 is 5.97 Å². The number of nitrogens with two attached hydrogens (primary N) is 1. The highest BCUT2D eigenvalue weighted by Crippen LogP contribution is 2.28. The summed E-state index contributed by atoms with van der Waals surface area (Å²) in [5.41, 5.74) is 5.13. The van der Waals surface area contributed by atoms with Gasteiger partial charge in [-0.2, -0.15) is 0 Å². The van der Waals surface area contributed by atoms with E-state index in [1.54, 1.807) is 6.92 Å². The number of hydrogen-bond acceptors (Lipinski definition) is 4. The molecular weight excluding hydrogens is 240 g/mol. The van der Waals surface area contributed by atoms with E-state index in [9.17, 15) is 4.79 Å². The fourth-order valence-corrected chi connectivity index (χ4v) is 2.33. The van der Waals surface area contributed by atoms with E-state index in [-0.39, 0.29) is 5.97 Å². The highest BCUT2D eigenvalue weighted by atomic mass is 16.5. The van der Waals surface area contributed by atoms with Crippen LogP contribution in [0.25, 0.3) is 0 Å². The van der Waals surface area contributed by atoms with E-state index in [2.05, 4.69) is 18.7 Å². The Morgan fingerprint density at radius 1 is 1.42 bits per heavy atom. The van der Waals surface area contributed by atoms with Crippen LogP contribution in [0.5, 0.6) is 0 Å². The van der Waals surface area contributed by atoms with Gasteiger partial charge in [-0.15, -0.1) is 0 Å². The Labute approximate surface area is 117 Å². The lowest BCUT2D eigenvalue weighted by molar-refractivity contribution is -0.146. The van der Waals surface area contributed by atoms with Crippen LogP contribution < -0.4 is 5.73 Å². The fraction of sp³-hybridized carbons (Fsp3) is 0.933. The van der Waals surface area contributed by atoms with Gasteiger partial charge in [0.15, 0.2) is 0 Å². The summed E-state index contributed by atoms with van der Waals surface area (Å²) in [5, 5.41) is 0. The van der Waals surface area contributed by atoms with E-state index < -0.39 is 5.54 Å². The van der Waals surface area contributed by atoms with Gasteiger partial charge in [0.2, 0.25) is 0 Å². The predicted molar refractivity (Wildman–Crippen MR) is 77.9 cm³/mol. The summed E-state index contributed by atoms with van der Waals surface area (Å²) < 4.78 is 4.73. The van der Waals surface area contributed by atoms with Gasteiger partial charge < -0.3 is 15.4 Å². The van der Waals surface area contributed by atoms with Crippen LogP contribution in [0.4, 0.5) is 0 Å². The number of carbonyl (C=O) groups excluding carboxylic acids is 1. The third-order valence-corrected chi connectivity index (χ3v) is 3.85. The molecule has 0 amide bonds. The molecule has 0 aromatic heterocycles. The molecule has 0 aromatic rings. The average Bonchev–Trinajstić information content (AvgIpc) is 3.16. The third-order valence-electron chi connectivity index (χ3n) is 3.85. The minimum atomic E-state index is -0.845. The summed E-state index contributed by atoms with van der Waals surface area (Å²) in [6.45, 7) is 8.50. The zero-order chi connectivity index (χ0) is 14.5. The van der Waals surface area contributed by atoms with Crippen LogP contribution in [0.1, 0.15) is 52.9 Å². The van der Waals surface area contributed by atoms with Gasteiger partial charge >= 0.3 is 5.97 Å². The third kappa shape index (κ3) is 5.91. The van der Waals surface area contributed by atoms with Crippen molar-refractivity contribution < 1.29 is 9.53 Å². The molecule has 112 valence electrons. The number of esters is 1. The quantitative estimate of drug-likeness (QED) is 0.652. The molecule has 1 aliphatic carbocycles. The summed E-state index contributed by atoms with van der Waals surface area (Å²) in [7, 11) is 1.40. The second-order valence-electron chi connectivity index (χ2n) is 6.46. The maximum absolute atomic E-state index is 11.5. The maximum Gasteiger partial charge on any atom is 0.325 e. The first-order chi connectivity index (χ1) is 8.86. The van der Waals surface area contributed by atoms with Crippen LogP contribution in [-0.2, 0) is 9.53 Å². The first-order valence-electron chi connectivity index (χ1n) is 7.48. The molecule has 0 heterocycles. The van der Waals surface area contributed by atoms with Crippen LogP contribution in [0, 0.1) is 5.92 Å². The van der Waals surface area contributed by atoms with Gasteiger partial charge in [0.1, 0.15) is 5.54 Å². The Morgan fingerprint density at radius 3 is 2.53 bits per heavy atom. The number of rotatable bonds is 9. The van der Waals surface area contributed by atoms with Crippen LogP contribution in [0.3, 0.4) is 0 Å². The number of methoxy groups -OCH3 is 1. The Hall–Kier alpha value is -0.610. The van der Waals surface area contributed by atoms with Gasteiger partial charge in [-0.1, -0.05) is 13.8 Å². The van der Waals surface area contributed by atoms with Crippen molar-refractivity contribution in [3.63, 3.8) is 0 Å². The van der Waals surface area contributed by atoms with Crippen molar-refractivity contribution in [3.05, 3.63) is 0 Å². The SMILES string of the molecule is COC(=O)C(C)(N)CCCN(CCC(C)C)C1CC1. The number of ether oxygens (including phenoxy) is 1. The molecule has 1 atom stereocenters. The molecule has 1 rings (SSSR count). The van der Waals surface area contributed by atoms with Crippen molar-refractivity contribution in [2.24, 2.45) is 11.7 Å². The average molecular weight is 270 g/mol. The molecule has 1 fully saturated rings. The first kappa shape index (κ1) is 16.4. The molecule has 2 N–H and O–H groups in total. The Balaban J connectivity index is 2.30. The van der Waals surface area contributed by atoms with Gasteiger partial charge in [-0.25, -0.2) is 0 Å². The monoisotopic (exact) mass is 270 g/mol. The fourth-order valence-electron chi connectivity index (χ4n) is 2.33. The summed E-state index contributed by atoms with van der Waals surface area (Å²) >= 11 is 0. The number of hydrogen-bond donors (Lipinski definition) is 1. The Bertz CT molecular complexity index is 286. The van der Waals surface area contributed by atoms with E-state index in [1.807, 2.05) is 0 Å². The van der Waals surface area contributed by atoms with Crippen LogP contribution in [0.2, 0.25) is 0 Å². The molecule has 0 aliphatic heterocycles. The van der Waals surface area contributed by atoms with E-state index >= 15 is 0 Å². The van der Waals surface area contributed by atoms with E-state index in [0.29, 0.717) is 6.42 Å². The topological polar surface area (TPSA) is 55.6 Å². The summed E-state index contributed by atoms with van der Waals surface area (Å²) in [5.74, 6) is 0.434. The molecule has 0 aromatic carbocycles. The molecule has 4 nitrogen and oxygen atoms in total. The zero-order valence-corrected chi connectivity index (χ0v) is 12.9. The largest absolute Gasteiger partial charge is 0.468 e. The highest BCUT2D eigenvalue weighted by Gasteiger charge is 2.31. The lowest BCUT2D eigenvalue weighted by atomic mass is 9.97. The van der Waals surface area contributed by atoms with Gasteiger partial charge in [-0.05, 0) is 58.0 Å². The molecule has 0 radical (unpaired) electrons. The lowest BCUT2D eigenvalue weighted by Gasteiger charge is -2.26. The summed E-state index contributed by atoms with van der Waals surface area (Å²) in [6, 6.07) is 0.779. The van der Waals surface area contributed by atoms with E-state index in [0.717, 1.165) is 24.9 Å². The Kier molecular flexibility index (Phi) is 6.27. The van der Waals surface area contributed by atoms with Gasteiger partial charge in [0, 0.05) is 6.04 Å². The van der Waals surface area contributed by atoms with E-state index in [1.165, 1.54) is 32.9 Å². The molecule has 0 bridgehead atoms. The van der Waals surface area contributed by atoms with Crippen molar-refractivity contribution in [2.75, 3.05) is 20.2 Å².